The highest BCUT2D eigenvalue weighted by molar-refractivity contribution is 7.47. The average Bonchev–Trinajstić information content (AvgIpc) is 3.16. The molecule has 0 aromatic carbocycles. The van der Waals surface area contributed by atoms with E-state index in [0.29, 0.717) is 6.42 Å². The number of phosphoric ester groups is 1. The number of esters is 2. The number of hydrogen-bond donors (Lipinski definition) is 5. The second-order valence-electron chi connectivity index (χ2n) is 9.43. The molecule has 0 aromatic heterocycles. The zero-order valence-electron chi connectivity index (χ0n) is 22.3. The Morgan fingerprint density at radius 3 is 1.97 bits per heavy atom. The Morgan fingerprint density at radius 2 is 1.47 bits per heavy atom. The van der Waals surface area contributed by atoms with Gasteiger partial charge in [-0.05, 0) is 6.42 Å². The fourth-order valence-corrected chi connectivity index (χ4v) is 4.89. The molecular formula is C25H45O12P. The van der Waals surface area contributed by atoms with Gasteiger partial charge in [-0.2, -0.15) is 0 Å². The minimum absolute atomic E-state index is 0.157. The van der Waals surface area contributed by atoms with E-state index < -0.39 is 69.4 Å². The molecule has 0 bridgehead atoms. The lowest BCUT2D eigenvalue weighted by Crippen LogP contribution is -2.32. The molecule has 222 valence electrons. The van der Waals surface area contributed by atoms with Gasteiger partial charge in [-0.3, -0.25) is 14.2 Å². The predicted molar refractivity (Wildman–Crippen MR) is 137 cm³/mol. The predicted octanol–water partition coefficient (Wildman–Crippen LogP) is 3.55. The van der Waals surface area contributed by atoms with E-state index >= 15 is 0 Å². The molecule has 0 spiro atoms. The first-order chi connectivity index (χ1) is 18.1. The van der Waals surface area contributed by atoms with Gasteiger partial charge in [0.05, 0.1) is 13.2 Å². The van der Waals surface area contributed by atoms with Crippen molar-refractivity contribution < 1.29 is 58.0 Å². The second kappa shape index (κ2) is 19.4. The molecule has 0 radical (unpaired) electrons. The van der Waals surface area contributed by atoms with Gasteiger partial charge in [0.2, 0.25) is 11.5 Å². The zero-order valence-corrected chi connectivity index (χ0v) is 23.2. The molecule has 38 heavy (non-hydrogen) atoms. The van der Waals surface area contributed by atoms with Crippen molar-refractivity contribution in [3.8, 4) is 0 Å². The maximum absolute atomic E-state index is 12.3. The van der Waals surface area contributed by atoms with E-state index in [9.17, 15) is 34.4 Å². The molecule has 4 atom stereocenters. The van der Waals surface area contributed by atoms with E-state index in [1.54, 1.807) is 0 Å². The van der Waals surface area contributed by atoms with Crippen molar-refractivity contribution in [2.24, 2.45) is 0 Å². The average molecular weight is 569 g/mol. The van der Waals surface area contributed by atoms with Crippen molar-refractivity contribution in [2.45, 2.75) is 115 Å². The number of phosphoric acid groups is 1. The van der Waals surface area contributed by atoms with Crippen LogP contribution in [-0.4, -0.2) is 75.4 Å². The Morgan fingerprint density at radius 1 is 0.947 bits per heavy atom. The summed E-state index contributed by atoms with van der Waals surface area (Å²) in [5.74, 6) is -3.97. The third-order valence-corrected chi connectivity index (χ3v) is 7.06. The summed E-state index contributed by atoms with van der Waals surface area (Å²) in [4.78, 5) is 33.4. The molecular weight excluding hydrogens is 523 g/mol. The number of carbonyl (C=O) groups excluding carboxylic acids is 2. The third-order valence-electron chi connectivity index (χ3n) is 6.07. The highest BCUT2D eigenvalue weighted by Gasteiger charge is 2.44. The fourth-order valence-electron chi connectivity index (χ4n) is 3.90. The smallest absolute Gasteiger partial charge is 0.499 e. The third kappa shape index (κ3) is 13.9. The molecule has 13 heteroatoms. The van der Waals surface area contributed by atoms with Crippen LogP contribution in [0.1, 0.15) is 96.8 Å². The molecule has 1 unspecified atom stereocenters. The van der Waals surface area contributed by atoms with Crippen LogP contribution >= 0.6 is 7.82 Å². The Bertz CT molecular complexity index is 771. The molecule has 12 nitrogen and oxygen atoms in total. The number of ether oxygens (including phenoxy) is 2. The van der Waals surface area contributed by atoms with E-state index in [0.717, 1.165) is 19.3 Å². The molecule has 0 aromatic rings. The van der Waals surface area contributed by atoms with Crippen LogP contribution in [0.3, 0.4) is 0 Å². The summed E-state index contributed by atoms with van der Waals surface area (Å²) in [7, 11) is -5.07. The summed E-state index contributed by atoms with van der Waals surface area (Å²) in [5, 5.41) is 37.8. The molecule has 0 fully saturated rings. The number of cyclic esters (lactones) is 1. The van der Waals surface area contributed by atoms with E-state index in [4.69, 9.17) is 14.4 Å². The summed E-state index contributed by atoms with van der Waals surface area (Å²) in [5.41, 5.74) is 0. The largest absolute Gasteiger partial charge is 0.527 e. The molecule has 5 N–H and O–H groups in total. The van der Waals surface area contributed by atoms with Gasteiger partial charge in [0.15, 0.2) is 6.10 Å². The van der Waals surface area contributed by atoms with Crippen LogP contribution in [0.15, 0.2) is 11.5 Å². The van der Waals surface area contributed by atoms with Crippen LogP contribution in [0.25, 0.3) is 0 Å². The monoisotopic (exact) mass is 568 g/mol. The van der Waals surface area contributed by atoms with Crippen LogP contribution < -0.4 is 0 Å². The lowest BCUT2D eigenvalue weighted by atomic mass is 10.0. The SMILES string of the molecule is CCCCCCCCCCCCCCCC(=O)OC[C@H](CO)OP(=O)(O)OC1=C(O)C(=O)O[C@@H]1[C@@H](O)CO. The van der Waals surface area contributed by atoms with Crippen LogP contribution in [-0.2, 0) is 32.7 Å². The second-order valence-corrected chi connectivity index (χ2v) is 10.8. The first-order valence-corrected chi connectivity index (χ1v) is 15.0. The van der Waals surface area contributed by atoms with Crippen molar-refractivity contribution in [3.05, 3.63) is 11.5 Å². The van der Waals surface area contributed by atoms with Crippen molar-refractivity contribution in [2.75, 3.05) is 19.8 Å². The van der Waals surface area contributed by atoms with Crippen molar-refractivity contribution in [1.29, 1.82) is 0 Å². The molecule has 0 amide bonds. The summed E-state index contributed by atoms with van der Waals surface area (Å²) < 4.78 is 31.3. The van der Waals surface area contributed by atoms with Crippen LogP contribution in [0.5, 0.6) is 0 Å². The van der Waals surface area contributed by atoms with E-state index in [2.05, 4.69) is 16.2 Å². The Balaban J connectivity index is 2.24. The van der Waals surface area contributed by atoms with Gasteiger partial charge in [-0.15, -0.1) is 0 Å². The Kier molecular flexibility index (Phi) is 17.5. The van der Waals surface area contributed by atoms with Crippen molar-refractivity contribution in [3.63, 3.8) is 0 Å². The summed E-state index contributed by atoms with van der Waals surface area (Å²) >= 11 is 0. The van der Waals surface area contributed by atoms with Gasteiger partial charge in [0, 0.05) is 6.42 Å². The lowest BCUT2D eigenvalue weighted by molar-refractivity contribution is -0.147. The minimum Gasteiger partial charge on any atom is -0.499 e. The van der Waals surface area contributed by atoms with Gasteiger partial charge >= 0.3 is 19.8 Å². The fraction of sp³-hybridized carbons (Fsp3) is 0.840. The number of unbranched alkanes of at least 4 members (excludes halogenated alkanes) is 12. The quantitative estimate of drug-likeness (QED) is 0.0686. The maximum Gasteiger partial charge on any atom is 0.527 e. The van der Waals surface area contributed by atoms with E-state index in [1.807, 2.05) is 0 Å². The zero-order chi connectivity index (χ0) is 28.4. The van der Waals surface area contributed by atoms with Crippen molar-refractivity contribution in [1.82, 2.24) is 0 Å². The first kappa shape index (κ1) is 34.3. The molecule has 1 aliphatic rings. The number of hydrogen-bond acceptors (Lipinski definition) is 11. The standard InChI is InChI=1S/C25H45O12P/c1-2-3-4-5-6-7-8-9-10-11-12-13-14-15-21(29)34-18-19(16-26)36-38(32,33)37-24-22(30)25(31)35-23(24)20(28)17-27/h19-20,23,26-28,30H,2-18H2,1H3,(H,32,33)/t19-,20-,23+/m0/s1. The van der Waals surface area contributed by atoms with Crippen LogP contribution in [0.2, 0.25) is 0 Å². The number of aliphatic hydroxyl groups excluding tert-OH is 4. The number of carbonyl (C=O) groups is 2. The van der Waals surface area contributed by atoms with Crippen molar-refractivity contribution >= 4 is 19.8 Å². The van der Waals surface area contributed by atoms with E-state index in [-0.39, 0.29) is 6.42 Å². The Labute approximate surface area is 224 Å². The van der Waals surface area contributed by atoms with Gasteiger partial charge in [0.25, 0.3) is 0 Å². The van der Waals surface area contributed by atoms with Gasteiger partial charge < -0.3 is 34.4 Å². The minimum atomic E-state index is -5.07. The molecule has 0 saturated heterocycles. The first-order valence-electron chi connectivity index (χ1n) is 13.6. The number of rotatable bonds is 23. The van der Waals surface area contributed by atoms with E-state index in [1.165, 1.54) is 57.8 Å². The molecule has 1 heterocycles. The normalized spacial score (nSPS) is 18.7. The molecule has 0 aliphatic carbocycles. The molecule has 0 saturated carbocycles. The maximum atomic E-state index is 12.3. The lowest BCUT2D eigenvalue weighted by Gasteiger charge is -2.22. The molecule has 1 aliphatic heterocycles. The van der Waals surface area contributed by atoms with Gasteiger partial charge in [-0.1, -0.05) is 84.0 Å². The van der Waals surface area contributed by atoms with Gasteiger partial charge in [-0.25, -0.2) is 9.36 Å². The topological polar surface area (TPSA) is 189 Å². The Hall–Kier alpha value is -1.69. The summed E-state index contributed by atoms with van der Waals surface area (Å²) in [6.07, 6.45) is 10.5. The van der Waals surface area contributed by atoms with Crippen LogP contribution in [0, 0.1) is 0 Å². The summed E-state index contributed by atoms with van der Waals surface area (Å²) in [6, 6.07) is 0. The highest BCUT2D eigenvalue weighted by Crippen LogP contribution is 2.49. The van der Waals surface area contributed by atoms with Gasteiger partial charge in [0.1, 0.15) is 18.8 Å². The van der Waals surface area contributed by atoms with Crippen LogP contribution in [0.4, 0.5) is 0 Å². The number of aliphatic hydroxyl groups is 4. The molecule has 1 rings (SSSR count). The summed E-state index contributed by atoms with van der Waals surface area (Å²) in [6.45, 7) is -0.0200. The highest BCUT2D eigenvalue weighted by atomic mass is 31.2.